The number of likely N-dealkylation sites (tertiary alicyclic amines) is 1. The third-order valence-corrected chi connectivity index (χ3v) is 5.20. The minimum atomic E-state index is -1.16. The average molecular weight is 432 g/mol. The van der Waals surface area contributed by atoms with Crippen molar-refractivity contribution in [3.05, 3.63) is 35.4 Å². The monoisotopic (exact) mass is 432 g/mol. The standard InChI is InChI=1S/C20H20N2O9/c23-16-6-5-15(22-17(24)13-3-1-2-4-14(13)18(22)25)19(26)21(16)11-31-20(27)30-10-12-9-28-7-8-29-12/h1-4,12,15H,5-11H2. The second-order valence-electron chi connectivity index (χ2n) is 7.14. The van der Waals surface area contributed by atoms with Gasteiger partial charge in [-0.3, -0.25) is 24.1 Å². The van der Waals surface area contributed by atoms with Crippen LogP contribution in [-0.4, -0.2) is 84.9 Å². The van der Waals surface area contributed by atoms with Crippen molar-refractivity contribution in [1.29, 1.82) is 0 Å². The molecule has 0 aliphatic carbocycles. The van der Waals surface area contributed by atoms with E-state index in [1.807, 2.05) is 0 Å². The molecule has 3 aliphatic heterocycles. The second-order valence-corrected chi connectivity index (χ2v) is 7.14. The van der Waals surface area contributed by atoms with Gasteiger partial charge in [-0.2, -0.15) is 0 Å². The van der Waals surface area contributed by atoms with Crippen molar-refractivity contribution < 1.29 is 42.9 Å². The van der Waals surface area contributed by atoms with Crippen LogP contribution >= 0.6 is 0 Å². The molecule has 0 saturated carbocycles. The number of benzene rings is 1. The Morgan fingerprint density at radius 2 is 1.74 bits per heavy atom. The van der Waals surface area contributed by atoms with Crippen molar-refractivity contribution in [2.75, 3.05) is 33.2 Å². The topological polar surface area (TPSA) is 129 Å². The fourth-order valence-corrected chi connectivity index (χ4v) is 3.64. The Kier molecular flexibility index (Phi) is 5.96. The molecule has 4 amide bonds. The minimum Gasteiger partial charge on any atom is -0.431 e. The lowest BCUT2D eigenvalue weighted by Gasteiger charge is -2.33. The summed E-state index contributed by atoms with van der Waals surface area (Å²) >= 11 is 0. The molecule has 2 atom stereocenters. The summed E-state index contributed by atoms with van der Waals surface area (Å²) in [7, 11) is 0. The van der Waals surface area contributed by atoms with E-state index in [1.165, 1.54) is 12.1 Å². The Bertz CT molecular complexity index is 890. The zero-order valence-electron chi connectivity index (χ0n) is 16.5. The van der Waals surface area contributed by atoms with Crippen molar-refractivity contribution in [3.63, 3.8) is 0 Å². The van der Waals surface area contributed by atoms with E-state index in [9.17, 15) is 24.0 Å². The average Bonchev–Trinajstić information content (AvgIpc) is 3.03. The van der Waals surface area contributed by atoms with E-state index >= 15 is 0 Å². The molecule has 1 aromatic rings. The van der Waals surface area contributed by atoms with Crippen molar-refractivity contribution in [3.8, 4) is 0 Å². The van der Waals surface area contributed by atoms with Gasteiger partial charge < -0.3 is 18.9 Å². The molecule has 3 heterocycles. The largest absolute Gasteiger partial charge is 0.510 e. The first-order valence-electron chi connectivity index (χ1n) is 9.77. The molecule has 1 aromatic carbocycles. The van der Waals surface area contributed by atoms with Gasteiger partial charge >= 0.3 is 6.16 Å². The van der Waals surface area contributed by atoms with E-state index < -0.39 is 48.7 Å². The third-order valence-electron chi connectivity index (χ3n) is 5.20. The highest BCUT2D eigenvalue weighted by atomic mass is 16.7. The Morgan fingerprint density at radius 3 is 2.39 bits per heavy atom. The highest BCUT2D eigenvalue weighted by molar-refractivity contribution is 6.23. The number of rotatable bonds is 5. The van der Waals surface area contributed by atoms with E-state index in [1.54, 1.807) is 12.1 Å². The molecule has 11 heteroatoms. The Hall–Kier alpha value is -3.31. The van der Waals surface area contributed by atoms with Crippen molar-refractivity contribution >= 4 is 29.8 Å². The molecule has 0 spiro atoms. The summed E-state index contributed by atoms with van der Waals surface area (Å²) < 4.78 is 20.3. The highest BCUT2D eigenvalue weighted by Crippen LogP contribution is 2.29. The molecule has 0 N–H and O–H groups in total. The summed E-state index contributed by atoms with van der Waals surface area (Å²) in [4.78, 5) is 63.8. The van der Waals surface area contributed by atoms with Crippen LogP contribution in [0.2, 0.25) is 0 Å². The number of piperidine rings is 1. The summed E-state index contributed by atoms with van der Waals surface area (Å²) in [5, 5.41) is 0. The maximum atomic E-state index is 12.9. The SMILES string of the molecule is O=C(OCC1COCCO1)OCN1C(=O)CCC(N2C(=O)c3ccccc3C2=O)C1=O. The van der Waals surface area contributed by atoms with Gasteiger partial charge in [-0.15, -0.1) is 0 Å². The van der Waals surface area contributed by atoms with Gasteiger partial charge in [0.15, 0.2) is 6.73 Å². The van der Waals surface area contributed by atoms with Gasteiger partial charge in [0.2, 0.25) is 5.91 Å². The molecule has 4 rings (SSSR count). The summed E-state index contributed by atoms with van der Waals surface area (Å²) in [6.45, 7) is 0.350. The maximum absolute atomic E-state index is 12.9. The van der Waals surface area contributed by atoms with Crippen molar-refractivity contribution in [2.45, 2.75) is 25.0 Å². The van der Waals surface area contributed by atoms with Crippen LogP contribution in [0.3, 0.4) is 0 Å². The number of amides is 4. The molecule has 2 fully saturated rings. The molecule has 164 valence electrons. The van der Waals surface area contributed by atoms with Gasteiger partial charge in [-0.1, -0.05) is 12.1 Å². The van der Waals surface area contributed by atoms with Gasteiger partial charge in [0, 0.05) is 6.42 Å². The molecule has 31 heavy (non-hydrogen) atoms. The van der Waals surface area contributed by atoms with Crippen LogP contribution < -0.4 is 0 Å². The van der Waals surface area contributed by atoms with E-state index in [0.29, 0.717) is 18.1 Å². The summed E-state index contributed by atoms with van der Waals surface area (Å²) in [5.74, 6) is -2.55. The molecule has 0 radical (unpaired) electrons. The molecular formula is C20H20N2O9. The summed E-state index contributed by atoms with van der Waals surface area (Å²) in [6, 6.07) is 5.10. The Balaban J connectivity index is 1.36. The fraction of sp³-hybridized carbons (Fsp3) is 0.450. The summed E-state index contributed by atoms with van der Waals surface area (Å²) in [6.07, 6.45) is -1.59. The molecule has 2 saturated heterocycles. The zero-order chi connectivity index (χ0) is 22.0. The first-order chi connectivity index (χ1) is 15.0. The third kappa shape index (κ3) is 4.14. The van der Waals surface area contributed by atoms with E-state index in [4.69, 9.17) is 18.9 Å². The number of ether oxygens (including phenoxy) is 4. The van der Waals surface area contributed by atoms with Crippen LogP contribution in [0.5, 0.6) is 0 Å². The lowest BCUT2D eigenvalue weighted by Crippen LogP contribution is -2.56. The number of imide groups is 2. The quantitative estimate of drug-likeness (QED) is 0.477. The van der Waals surface area contributed by atoms with Gasteiger partial charge in [0.25, 0.3) is 17.7 Å². The van der Waals surface area contributed by atoms with E-state index in [2.05, 4.69) is 0 Å². The fourth-order valence-electron chi connectivity index (χ4n) is 3.64. The molecule has 0 aromatic heterocycles. The first-order valence-corrected chi connectivity index (χ1v) is 9.77. The lowest BCUT2D eigenvalue weighted by atomic mass is 10.0. The first kappa shape index (κ1) is 20.9. The van der Waals surface area contributed by atoms with Crippen LogP contribution in [0.15, 0.2) is 24.3 Å². The van der Waals surface area contributed by atoms with Gasteiger partial charge in [-0.05, 0) is 18.6 Å². The Morgan fingerprint density at radius 1 is 1.03 bits per heavy atom. The second kappa shape index (κ2) is 8.82. The molecule has 0 bridgehead atoms. The van der Waals surface area contributed by atoms with Crippen LogP contribution in [0.4, 0.5) is 4.79 Å². The van der Waals surface area contributed by atoms with Crippen LogP contribution in [0.25, 0.3) is 0 Å². The predicted molar refractivity (Wildman–Crippen MR) is 99.7 cm³/mol. The minimum absolute atomic E-state index is 0.00308. The molecule has 2 unspecified atom stereocenters. The molecular weight excluding hydrogens is 412 g/mol. The Labute approximate surface area is 176 Å². The van der Waals surface area contributed by atoms with Crippen molar-refractivity contribution in [1.82, 2.24) is 9.80 Å². The molecule has 3 aliphatic rings. The number of hydrogen-bond donors (Lipinski definition) is 0. The lowest BCUT2D eigenvalue weighted by molar-refractivity contribution is -0.157. The number of fused-ring (bicyclic) bond motifs is 1. The van der Waals surface area contributed by atoms with E-state index in [0.717, 1.165) is 4.90 Å². The zero-order valence-corrected chi connectivity index (χ0v) is 16.5. The van der Waals surface area contributed by atoms with E-state index in [-0.39, 0.29) is 37.2 Å². The summed E-state index contributed by atoms with van der Waals surface area (Å²) in [5.41, 5.74) is 0.412. The van der Waals surface area contributed by atoms with Crippen LogP contribution in [-0.2, 0) is 28.5 Å². The van der Waals surface area contributed by atoms with Gasteiger partial charge in [-0.25, -0.2) is 9.69 Å². The number of nitrogens with zero attached hydrogens (tertiary/aromatic N) is 2. The highest BCUT2D eigenvalue weighted by Gasteiger charge is 2.47. The van der Waals surface area contributed by atoms with Gasteiger partial charge in [0.05, 0.1) is 30.9 Å². The van der Waals surface area contributed by atoms with Crippen LogP contribution in [0, 0.1) is 0 Å². The number of carbonyl (C=O) groups is 5. The number of carbonyl (C=O) groups excluding carboxylic acids is 5. The van der Waals surface area contributed by atoms with Crippen molar-refractivity contribution in [2.24, 2.45) is 0 Å². The molecule has 11 nitrogen and oxygen atoms in total. The maximum Gasteiger partial charge on any atom is 0.510 e. The number of hydrogen-bond acceptors (Lipinski definition) is 9. The predicted octanol–water partition coefficient (Wildman–Crippen LogP) is 0.326. The smallest absolute Gasteiger partial charge is 0.431 e. The van der Waals surface area contributed by atoms with Gasteiger partial charge in [0.1, 0.15) is 18.8 Å². The van der Waals surface area contributed by atoms with Crippen LogP contribution in [0.1, 0.15) is 33.6 Å². The normalized spacial score (nSPS) is 23.7.